The lowest BCUT2D eigenvalue weighted by atomic mass is 10.1. The molecule has 3 aromatic carbocycles. The molecule has 1 amide bonds. The molecule has 0 atom stereocenters. The number of amides is 1. The van der Waals surface area contributed by atoms with Gasteiger partial charge in [0.25, 0.3) is 5.91 Å². The van der Waals surface area contributed by atoms with Gasteiger partial charge in [-0.05, 0) is 63.5 Å². The fourth-order valence-corrected chi connectivity index (χ4v) is 3.65. The number of carbonyl (C=O) groups excluding carboxylic acids is 1. The van der Waals surface area contributed by atoms with E-state index in [0.717, 1.165) is 32.7 Å². The monoisotopic (exact) mass is 431 g/mol. The van der Waals surface area contributed by atoms with Gasteiger partial charge in [-0.2, -0.15) is 0 Å². The van der Waals surface area contributed by atoms with Crippen molar-refractivity contribution in [2.45, 2.75) is 0 Å². The van der Waals surface area contributed by atoms with Gasteiger partial charge in [0, 0.05) is 10.0 Å². The van der Waals surface area contributed by atoms with E-state index in [1.165, 1.54) is 0 Å². The highest BCUT2D eigenvalue weighted by Gasteiger charge is 2.31. The van der Waals surface area contributed by atoms with Crippen LogP contribution < -0.4 is 9.64 Å². The highest BCUT2D eigenvalue weighted by molar-refractivity contribution is 9.10. The fourth-order valence-electron chi connectivity index (χ4n) is 3.19. The molecule has 28 heavy (non-hydrogen) atoms. The van der Waals surface area contributed by atoms with Gasteiger partial charge in [0.15, 0.2) is 0 Å². The van der Waals surface area contributed by atoms with E-state index >= 15 is 0 Å². The first-order valence-electron chi connectivity index (χ1n) is 8.89. The van der Waals surface area contributed by atoms with E-state index in [-0.39, 0.29) is 5.91 Å². The van der Waals surface area contributed by atoms with Gasteiger partial charge in [0.2, 0.25) is 0 Å². The Morgan fingerprint density at radius 3 is 2.25 bits per heavy atom. The zero-order valence-electron chi connectivity index (χ0n) is 15.3. The summed E-state index contributed by atoms with van der Waals surface area (Å²) in [6.07, 6.45) is 3.85. The molecule has 3 aromatic rings. The molecule has 1 aliphatic rings. The van der Waals surface area contributed by atoms with Crippen LogP contribution in [0.25, 0.3) is 11.8 Å². The number of nitrogens with zero attached hydrogens (tertiary/aromatic N) is 1. The average Bonchev–Trinajstić information content (AvgIpc) is 3.06. The third-order valence-electron chi connectivity index (χ3n) is 4.58. The Morgan fingerprint density at radius 2 is 1.57 bits per heavy atom. The van der Waals surface area contributed by atoms with E-state index in [1.807, 2.05) is 91.0 Å². The Hall–Kier alpha value is -3.11. The SMILES string of the molecule is COc1ccc(/C=C2\C=C(c3ccccc3)N(c3ccccc3Br)C2=O)cc1. The summed E-state index contributed by atoms with van der Waals surface area (Å²) in [5.74, 6) is 0.733. The molecule has 0 bridgehead atoms. The van der Waals surface area contributed by atoms with Crippen molar-refractivity contribution in [3.63, 3.8) is 0 Å². The number of benzene rings is 3. The highest BCUT2D eigenvalue weighted by Crippen LogP contribution is 2.38. The van der Waals surface area contributed by atoms with Crippen LogP contribution in [0.3, 0.4) is 0 Å². The average molecular weight is 432 g/mol. The molecule has 138 valence electrons. The largest absolute Gasteiger partial charge is 0.497 e. The van der Waals surface area contributed by atoms with E-state index in [2.05, 4.69) is 15.9 Å². The van der Waals surface area contributed by atoms with E-state index in [9.17, 15) is 4.79 Å². The van der Waals surface area contributed by atoms with Crippen LogP contribution in [-0.4, -0.2) is 13.0 Å². The Morgan fingerprint density at radius 1 is 0.893 bits per heavy atom. The van der Waals surface area contributed by atoms with Crippen LogP contribution in [0.4, 0.5) is 5.69 Å². The van der Waals surface area contributed by atoms with Crippen molar-refractivity contribution in [1.82, 2.24) is 0 Å². The van der Waals surface area contributed by atoms with Gasteiger partial charge < -0.3 is 4.74 Å². The Kier molecular flexibility index (Phi) is 5.13. The summed E-state index contributed by atoms with van der Waals surface area (Å²) in [5, 5.41) is 0. The van der Waals surface area contributed by atoms with Crippen molar-refractivity contribution >= 4 is 39.3 Å². The summed E-state index contributed by atoms with van der Waals surface area (Å²) in [7, 11) is 1.64. The van der Waals surface area contributed by atoms with Crippen LogP contribution in [0.15, 0.2) is 95.0 Å². The zero-order valence-corrected chi connectivity index (χ0v) is 16.9. The molecule has 0 unspecified atom stereocenters. The summed E-state index contributed by atoms with van der Waals surface area (Å²) < 4.78 is 6.08. The first-order chi connectivity index (χ1) is 13.7. The third kappa shape index (κ3) is 3.51. The lowest BCUT2D eigenvalue weighted by molar-refractivity contribution is -0.113. The molecule has 4 heteroatoms. The summed E-state index contributed by atoms with van der Waals surface area (Å²) >= 11 is 3.58. The normalized spacial score (nSPS) is 15.1. The molecule has 4 rings (SSSR count). The van der Waals surface area contributed by atoms with Gasteiger partial charge in [0.1, 0.15) is 5.75 Å². The van der Waals surface area contributed by atoms with Gasteiger partial charge in [-0.3, -0.25) is 9.69 Å². The molecule has 0 saturated carbocycles. The molecule has 0 fully saturated rings. The number of para-hydroxylation sites is 1. The van der Waals surface area contributed by atoms with Crippen molar-refractivity contribution in [2.24, 2.45) is 0 Å². The topological polar surface area (TPSA) is 29.5 Å². The smallest absolute Gasteiger partial charge is 0.262 e. The van der Waals surface area contributed by atoms with Crippen molar-refractivity contribution < 1.29 is 9.53 Å². The number of halogens is 1. The fraction of sp³-hybridized carbons (Fsp3) is 0.0417. The molecule has 0 saturated heterocycles. The number of rotatable bonds is 4. The molecule has 3 nitrogen and oxygen atoms in total. The minimum absolute atomic E-state index is 0.0541. The van der Waals surface area contributed by atoms with Crippen LogP contribution in [0.2, 0.25) is 0 Å². The first-order valence-corrected chi connectivity index (χ1v) is 9.68. The van der Waals surface area contributed by atoms with Gasteiger partial charge in [-0.15, -0.1) is 0 Å². The van der Waals surface area contributed by atoms with Crippen LogP contribution in [0.1, 0.15) is 11.1 Å². The van der Waals surface area contributed by atoms with Crippen molar-refractivity contribution in [3.05, 3.63) is 106 Å². The molecule has 0 spiro atoms. The number of hydrogen-bond acceptors (Lipinski definition) is 2. The summed E-state index contributed by atoms with van der Waals surface area (Å²) in [6, 6.07) is 25.4. The Balaban J connectivity index is 1.81. The predicted molar refractivity (Wildman–Crippen MR) is 117 cm³/mol. The number of anilines is 1. The summed E-state index contributed by atoms with van der Waals surface area (Å²) in [6.45, 7) is 0. The minimum atomic E-state index is -0.0541. The number of hydrogen-bond donors (Lipinski definition) is 0. The molecule has 0 N–H and O–H groups in total. The number of methoxy groups -OCH3 is 1. The van der Waals surface area contributed by atoms with E-state index in [4.69, 9.17) is 4.74 Å². The maximum atomic E-state index is 13.3. The second-order valence-electron chi connectivity index (χ2n) is 6.36. The molecule has 1 aliphatic heterocycles. The standard InChI is InChI=1S/C24H18BrNO2/c1-28-20-13-11-17(12-14-20)15-19-16-23(18-7-3-2-4-8-18)26(24(19)27)22-10-6-5-9-21(22)25/h2-16H,1H3/b19-15+. The van der Waals surface area contributed by atoms with Crippen LogP contribution in [0.5, 0.6) is 5.75 Å². The number of carbonyl (C=O) groups is 1. The maximum Gasteiger partial charge on any atom is 0.262 e. The van der Waals surface area contributed by atoms with E-state index in [1.54, 1.807) is 12.0 Å². The van der Waals surface area contributed by atoms with E-state index in [0.29, 0.717) is 5.57 Å². The van der Waals surface area contributed by atoms with Gasteiger partial charge in [-0.25, -0.2) is 0 Å². The lowest BCUT2D eigenvalue weighted by Gasteiger charge is -2.22. The first kappa shape index (κ1) is 18.3. The van der Waals surface area contributed by atoms with Crippen molar-refractivity contribution in [2.75, 3.05) is 12.0 Å². The second kappa shape index (κ2) is 7.87. The summed E-state index contributed by atoms with van der Waals surface area (Å²) in [4.78, 5) is 15.1. The van der Waals surface area contributed by atoms with Crippen LogP contribution in [-0.2, 0) is 4.79 Å². The molecular weight excluding hydrogens is 414 g/mol. The third-order valence-corrected chi connectivity index (χ3v) is 5.25. The number of ether oxygens (including phenoxy) is 1. The summed E-state index contributed by atoms with van der Waals surface area (Å²) in [5.41, 5.74) is 4.25. The zero-order chi connectivity index (χ0) is 19.5. The Bertz CT molecular complexity index is 1070. The predicted octanol–water partition coefficient (Wildman–Crippen LogP) is 5.93. The highest BCUT2D eigenvalue weighted by atomic mass is 79.9. The minimum Gasteiger partial charge on any atom is -0.497 e. The lowest BCUT2D eigenvalue weighted by Crippen LogP contribution is -2.25. The van der Waals surface area contributed by atoms with Crippen molar-refractivity contribution in [1.29, 1.82) is 0 Å². The molecule has 0 aliphatic carbocycles. The molecule has 0 radical (unpaired) electrons. The van der Waals surface area contributed by atoms with Crippen molar-refractivity contribution in [3.8, 4) is 5.75 Å². The van der Waals surface area contributed by atoms with E-state index < -0.39 is 0 Å². The quantitative estimate of drug-likeness (QED) is 0.479. The molecule has 1 heterocycles. The second-order valence-corrected chi connectivity index (χ2v) is 7.21. The van der Waals surface area contributed by atoms with Crippen LogP contribution in [0, 0.1) is 0 Å². The van der Waals surface area contributed by atoms with Gasteiger partial charge >= 0.3 is 0 Å². The van der Waals surface area contributed by atoms with Crippen LogP contribution >= 0.6 is 15.9 Å². The van der Waals surface area contributed by atoms with Gasteiger partial charge in [0.05, 0.1) is 18.5 Å². The Labute approximate surface area is 172 Å². The molecule has 0 aromatic heterocycles. The molecular formula is C24H18BrNO2. The maximum absolute atomic E-state index is 13.3. The van der Waals surface area contributed by atoms with Gasteiger partial charge in [-0.1, -0.05) is 54.6 Å².